The van der Waals surface area contributed by atoms with E-state index in [1.807, 2.05) is 6.07 Å². The van der Waals surface area contributed by atoms with E-state index >= 15 is 0 Å². The second-order valence-electron chi connectivity index (χ2n) is 4.21. The maximum atomic E-state index is 5.54. The van der Waals surface area contributed by atoms with Gasteiger partial charge in [-0.3, -0.25) is 0 Å². The van der Waals surface area contributed by atoms with Crippen molar-refractivity contribution >= 4 is 0 Å². The summed E-state index contributed by atoms with van der Waals surface area (Å²) in [7, 11) is 1.76. The Kier molecular flexibility index (Phi) is 4.30. The van der Waals surface area contributed by atoms with Gasteiger partial charge < -0.3 is 10.1 Å². The first kappa shape index (κ1) is 12.2. The molecule has 15 heavy (non-hydrogen) atoms. The van der Waals surface area contributed by atoms with Gasteiger partial charge in [-0.25, -0.2) is 0 Å². The molecule has 0 aliphatic rings. The number of rotatable bonds is 5. The molecule has 0 saturated heterocycles. The zero-order chi connectivity index (χ0) is 11.3. The number of methoxy groups -OCH3 is 1. The minimum absolute atomic E-state index is 0.197. The van der Waals surface area contributed by atoms with E-state index in [0.717, 1.165) is 6.54 Å². The van der Waals surface area contributed by atoms with E-state index in [-0.39, 0.29) is 11.6 Å². The maximum absolute atomic E-state index is 5.54. The van der Waals surface area contributed by atoms with Crippen LogP contribution in [0.4, 0.5) is 0 Å². The molecule has 1 unspecified atom stereocenters. The lowest BCUT2D eigenvalue weighted by atomic mass is 9.91. The van der Waals surface area contributed by atoms with Crippen LogP contribution in [0.2, 0.25) is 0 Å². The molecule has 1 atom stereocenters. The molecule has 0 amide bonds. The van der Waals surface area contributed by atoms with Gasteiger partial charge in [0.2, 0.25) is 0 Å². The Balaban J connectivity index is 2.93. The van der Waals surface area contributed by atoms with Gasteiger partial charge in [-0.05, 0) is 26.0 Å². The van der Waals surface area contributed by atoms with Crippen LogP contribution in [-0.4, -0.2) is 19.3 Å². The van der Waals surface area contributed by atoms with Crippen molar-refractivity contribution in [1.29, 1.82) is 0 Å². The van der Waals surface area contributed by atoms with E-state index < -0.39 is 0 Å². The molecule has 0 bridgehead atoms. The number of benzene rings is 1. The van der Waals surface area contributed by atoms with E-state index in [0.29, 0.717) is 0 Å². The fourth-order valence-corrected chi connectivity index (χ4v) is 1.73. The minimum Gasteiger partial charge on any atom is -0.377 e. The summed E-state index contributed by atoms with van der Waals surface area (Å²) in [4.78, 5) is 0. The summed E-state index contributed by atoms with van der Waals surface area (Å²) in [5.74, 6) is 0. The van der Waals surface area contributed by atoms with E-state index in [1.165, 1.54) is 5.56 Å². The van der Waals surface area contributed by atoms with Crippen molar-refractivity contribution in [2.75, 3.05) is 13.7 Å². The Hall–Kier alpha value is -0.860. The Morgan fingerprint density at radius 3 is 2.33 bits per heavy atom. The van der Waals surface area contributed by atoms with Gasteiger partial charge in [0.1, 0.15) is 0 Å². The van der Waals surface area contributed by atoms with Crippen LogP contribution in [0.3, 0.4) is 0 Å². The summed E-state index contributed by atoms with van der Waals surface area (Å²) in [6.07, 6.45) is 0. The van der Waals surface area contributed by atoms with Crippen molar-refractivity contribution < 1.29 is 4.74 Å². The third-order valence-electron chi connectivity index (χ3n) is 2.76. The van der Waals surface area contributed by atoms with Crippen molar-refractivity contribution in [2.45, 2.75) is 32.4 Å². The van der Waals surface area contributed by atoms with Gasteiger partial charge in [0.05, 0.1) is 11.6 Å². The molecule has 1 rings (SSSR count). The van der Waals surface area contributed by atoms with Crippen LogP contribution in [0.25, 0.3) is 0 Å². The van der Waals surface area contributed by atoms with Crippen LogP contribution in [0, 0.1) is 0 Å². The fraction of sp³-hybridized carbons (Fsp3) is 0.538. The van der Waals surface area contributed by atoms with Crippen LogP contribution in [-0.2, 0) is 4.74 Å². The fourth-order valence-electron chi connectivity index (χ4n) is 1.73. The number of hydrogen-bond acceptors (Lipinski definition) is 2. The lowest BCUT2D eigenvalue weighted by Crippen LogP contribution is -2.40. The zero-order valence-electron chi connectivity index (χ0n) is 10.1. The molecular formula is C13H21NO. The summed E-state index contributed by atoms with van der Waals surface area (Å²) >= 11 is 0. The minimum atomic E-state index is -0.197. The average molecular weight is 207 g/mol. The summed E-state index contributed by atoms with van der Waals surface area (Å²) < 4.78 is 5.54. The highest BCUT2D eigenvalue weighted by Crippen LogP contribution is 2.27. The number of likely N-dealkylation sites (N-methyl/N-ethyl adjacent to an activating group) is 1. The molecule has 0 aliphatic heterocycles. The molecule has 0 aromatic heterocycles. The van der Waals surface area contributed by atoms with E-state index in [9.17, 15) is 0 Å². The molecule has 0 heterocycles. The van der Waals surface area contributed by atoms with Crippen LogP contribution in [0.5, 0.6) is 0 Å². The Morgan fingerprint density at radius 2 is 1.87 bits per heavy atom. The van der Waals surface area contributed by atoms with Crippen LogP contribution in [0.15, 0.2) is 30.3 Å². The summed E-state index contributed by atoms with van der Waals surface area (Å²) in [6, 6.07) is 10.7. The van der Waals surface area contributed by atoms with Crippen molar-refractivity contribution in [3.8, 4) is 0 Å². The van der Waals surface area contributed by atoms with Crippen molar-refractivity contribution in [3.63, 3.8) is 0 Å². The SMILES string of the molecule is CCNC(c1ccccc1)C(C)(C)OC. The highest BCUT2D eigenvalue weighted by molar-refractivity contribution is 5.21. The molecule has 2 nitrogen and oxygen atoms in total. The molecule has 1 aromatic carbocycles. The predicted octanol–water partition coefficient (Wildman–Crippen LogP) is 2.76. The monoisotopic (exact) mass is 207 g/mol. The zero-order valence-corrected chi connectivity index (χ0v) is 10.1. The first-order chi connectivity index (χ1) is 7.11. The van der Waals surface area contributed by atoms with Crippen LogP contribution in [0.1, 0.15) is 32.4 Å². The van der Waals surface area contributed by atoms with Gasteiger partial charge in [0.25, 0.3) is 0 Å². The maximum Gasteiger partial charge on any atom is 0.0816 e. The second kappa shape index (κ2) is 5.29. The molecule has 0 fully saturated rings. The molecule has 2 heteroatoms. The van der Waals surface area contributed by atoms with Gasteiger partial charge in [-0.2, -0.15) is 0 Å². The average Bonchev–Trinajstić information content (AvgIpc) is 2.27. The van der Waals surface area contributed by atoms with Crippen molar-refractivity contribution in [3.05, 3.63) is 35.9 Å². The Morgan fingerprint density at radius 1 is 1.27 bits per heavy atom. The standard InChI is InChI=1S/C13H21NO/c1-5-14-12(13(2,3)15-4)11-9-7-6-8-10-11/h6-10,12,14H,5H2,1-4H3. The Bertz CT molecular complexity index is 282. The molecular weight excluding hydrogens is 186 g/mol. The Labute approximate surface area is 92.6 Å². The van der Waals surface area contributed by atoms with Gasteiger partial charge in [0.15, 0.2) is 0 Å². The number of nitrogens with one attached hydrogen (secondary N) is 1. The van der Waals surface area contributed by atoms with Gasteiger partial charge in [-0.15, -0.1) is 0 Å². The third kappa shape index (κ3) is 3.05. The molecule has 84 valence electrons. The van der Waals surface area contributed by atoms with Crippen molar-refractivity contribution in [2.24, 2.45) is 0 Å². The molecule has 0 radical (unpaired) electrons. The molecule has 1 N–H and O–H groups in total. The lowest BCUT2D eigenvalue weighted by Gasteiger charge is -2.34. The van der Waals surface area contributed by atoms with Gasteiger partial charge >= 0.3 is 0 Å². The summed E-state index contributed by atoms with van der Waals surface area (Å²) in [6.45, 7) is 7.26. The van der Waals surface area contributed by atoms with Crippen molar-refractivity contribution in [1.82, 2.24) is 5.32 Å². The molecule has 0 spiro atoms. The molecule has 0 aliphatic carbocycles. The highest BCUT2D eigenvalue weighted by Gasteiger charge is 2.29. The topological polar surface area (TPSA) is 21.3 Å². The predicted molar refractivity (Wildman–Crippen MR) is 63.9 cm³/mol. The second-order valence-corrected chi connectivity index (χ2v) is 4.21. The number of ether oxygens (including phenoxy) is 1. The molecule has 0 saturated carbocycles. The van der Waals surface area contributed by atoms with E-state index in [1.54, 1.807) is 7.11 Å². The summed E-state index contributed by atoms with van der Waals surface area (Å²) in [5.41, 5.74) is 1.07. The molecule has 1 aromatic rings. The largest absolute Gasteiger partial charge is 0.377 e. The smallest absolute Gasteiger partial charge is 0.0816 e. The normalized spacial score (nSPS) is 13.9. The van der Waals surface area contributed by atoms with Gasteiger partial charge in [0, 0.05) is 7.11 Å². The van der Waals surface area contributed by atoms with E-state index in [2.05, 4.69) is 50.4 Å². The van der Waals surface area contributed by atoms with E-state index in [4.69, 9.17) is 4.74 Å². The first-order valence-corrected chi connectivity index (χ1v) is 5.45. The first-order valence-electron chi connectivity index (χ1n) is 5.45. The third-order valence-corrected chi connectivity index (χ3v) is 2.76. The van der Waals surface area contributed by atoms with Crippen LogP contribution >= 0.6 is 0 Å². The van der Waals surface area contributed by atoms with Crippen LogP contribution < -0.4 is 5.32 Å². The lowest BCUT2D eigenvalue weighted by molar-refractivity contribution is -0.0106. The summed E-state index contributed by atoms with van der Waals surface area (Å²) in [5, 5.41) is 3.47. The van der Waals surface area contributed by atoms with Gasteiger partial charge in [-0.1, -0.05) is 37.3 Å². The highest BCUT2D eigenvalue weighted by atomic mass is 16.5. The number of hydrogen-bond donors (Lipinski definition) is 1. The quantitative estimate of drug-likeness (QED) is 0.801.